The molecular weight excluding hydrogens is 342 g/mol. The van der Waals surface area contributed by atoms with Gasteiger partial charge in [-0.05, 0) is 30.9 Å². The third kappa shape index (κ3) is 4.19. The Morgan fingerprint density at radius 2 is 1.74 bits per heavy atom. The molecule has 3 rings (SSSR count). The van der Waals surface area contributed by atoms with Crippen molar-refractivity contribution in [3.05, 3.63) is 71.3 Å². The molecule has 2 atom stereocenters. The van der Waals surface area contributed by atoms with Crippen LogP contribution in [-0.2, 0) is 22.4 Å². The zero-order valence-electron chi connectivity index (χ0n) is 15.5. The lowest BCUT2D eigenvalue weighted by molar-refractivity contribution is -0.165. The van der Waals surface area contributed by atoms with Crippen molar-refractivity contribution >= 4 is 11.9 Å². The first kappa shape index (κ1) is 19.1. The number of hydrogen-bond acceptors (Lipinski definition) is 3. The first-order valence-electron chi connectivity index (χ1n) is 9.19. The third-order valence-corrected chi connectivity index (χ3v) is 5.48. The fourth-order valence-electron chi connectivity index (χ4n) is 3.69. The number of aryl methyl sites for hydroxylation is 1. The molecule has 1 heterocycles. The van der Waals surface area contributed by atoms with Gasteiger partial charge in [-0.2, -0.15) is 0 Å². The Bertz CT molecular complexity index is 803. The Morgan fingerprint density at radius 1 is 1.07 bits per heavy atom. The van der Waals surface area contributed by atoms with E-state index in [0.29, 0.717) is 6.54 Å². The average molecular weight is 367 g/mol. The summed E-state index contributed by atoms with van der Waals surface area (Å²) in [7, 11) is 0. The highest BCUT2D eigenvalue weighted by atomic mass is 16.4. The molecule has 1 amide bonds. The molecular formula is C22H25NO4. The van der Waals surface area contributed by atoms with Crippen molar-refractivity contribution in [2.75, 3.05) is 13.1 Å². The van der Waals surface area contributed by atoms with Gasteiger partial charge in [-0.25, -0.2) is 0 Å². The Hall–Kier alpha value is -2.66. The smallest absolute Gasteiger partial charge is 0.312 e. The number of carboxylic acids is 1. The van der Waals surface area contributed by atoms with Crippen molar-refractivity contribution in [2.45, 2.75) is 32.3 Å². The Morgan fingerprint density at radius 3 is 2.33 bits per heavy atom. The maximum absolute atomic E-state index is 12.6. The van der Waals surface area contributed by atoms with Gasteiger partial charge >= 0.3 is 5.97 Å². The lowest BCUT2D eigenvalue weighted by Crippen LogP contribution is -2.57. The minimum atomic E-state index is -1.26. The van der Waals surface area contributed by atoms with E-state index in [0.717, 1.165) is 16.7 Å². The second-order valence-electron chi connectivity index (χ2n) is 7.39. The number of aliphatic carboxylic acids is 1. The van der Waals surface area contributed by atoms with E-state index in [2.05, 4.69) is 0 Å². The van der Waals surface area contributed by atoms with E-state index >= 15 is 0 Å². The topological polar surface area (TPSA) is 77.8 Å². The van der Waals surface area contributed by atoms with Crippen LogP contribution in [-0.4, -0.2) is 46.2 Å². The van der Waals surface area contributed by atoms with E-state index in [1.54, 1.807) is 4.90 Å². The number of piperidine rings is 1. The average Bonchev–Trinajstić information content (AvgIpc) is 2.66. The summed E-state index contributed by atoms with van der Waals surface area (Å²) in [5.74, 6) is -1.10. The van der Waals surface area contributed by atoms with Crippen LogP contribution in [0.25, 0.3) is 0 Å². The van der Waals surface area contributed by atoms with Crippen molar-refractivity contribution in [3.63, 3.8) is 0 Å². The van der Waals surface area contributed by atoms with Crippen molar-refractivity contribution in [1.29, 1.82) is 0 Å². The summed E-state index contributed by atoms with van der Waals surface area (Å²) in [6.45, 7) is 2.37. The van der Waals surface area contributed by atoms with Crippen LogP contribution in [0.1, 0.15) is 23.1 Å². The molecule has 1 saturated heterocycles. The molecule has 0 bridgehead atoms. The summed E-state index contributed by atoms with van der Waals surface area (Å²) in [4.78, 5) is 26.2. The molecule has 0 unspecified atom stereocenters. The summed E-state index contributed by atoms with van der Waals surface area (Å²) in [6, 6.07) is 17.1. The van der Waals surface area contributed by atoms with E-state index in [1.165, 1.54) is 0 Å². The van der Waals surface area contributed by atoms with Gasteiger partial charge in [0.25, 0.3) is 0 Å². The van der Waals surface area contributed by atoms with Crippen LogP contribution in [0.3, 0.4) is 0 Å². The number of aliphatic hydroxyl groups excluding tert-OH is 1. The molecule has 2 aromatic carbocycles. The zero-order chi connectivity index (χ0) is 19.4. The van der Waals surface area contributed by atoms with E-state index < -0.39 is 17.5 Å². The molecule has 0 spiro atoms. The fourth-order valence-corrected chi connectivity index (χ4v) is 3.69. The van der Waals surface area contributed by atoms with Gasteiger partial charge in [-0.3, -0.25) is 9.59 Å². The SMILES string of the molecule is Cc1ccc(CC(=O)N2CC[C@](Cc3ccccc3)(C(=O)O)[C@H](O)C2)cc1. The Balaban J connectivity index is 1.70. The van der Waals surface area contributed by atoms with Crippen LogP contribution in [0.4, 0.5) is 0 Å². The summed E-state index contributed by atoms with van der Waals surface area (Å²) in [5, 5.41) is 20.5. The number of β-amino-alcohol motifs (C(OH)–C–C–N with tert-alkyl or cyclic N) is 1. The minimum Gasteiger partial charge on any atom is -0.481 e. The molecule has 1 aliphatic rings. The molecule has 2 aromatic rings. The van der Waals surface area contributed by atoms with Crippen molar-refractivity contribution in [3.8, 4) is 0 Å². The number of amides is 1. The normalized spacial score (nSPS) is 22.4. The molecule has 0 saturated carbocycles. The van der Waals surface area contributed by atoms with Crippen molar-refractivity contribution in [1.82, 2.24) is 4.90 Å². The number of aliphatic hydroxyl groups is 1. The Labute approximate surface area is 159 Å². The number of rotatable bonds is 5. The van der Waals surface area contributed by atoms with E-state index in [-0.39, 0.29) is 31.7 Å². The first-order valence-corrected chi connectivity index (χ1v) is 9.19. The second-order valence-corrected chi connectivity index (χ2v) is 7.39. The van der Waals surface area contributed by atoms with Gasteiger partial charge in [0.2, 0.25) is 5.91 Å². The van der Waals surface area contributed by atoms with Crippen LogP contribution in [0.5, 0.6) is 0 Å². The van der Waals surface area contributed by atoms with Gasteiger partial charge in [0.15, 0.2) is 0 Å². The molecule has 5 nitrogen and oxygen atoms in total. The van der Waals surface area contributed by atoms with E-state index in [9.17, 15) is 19.8 Å². The van der Waals surface area contributed by atoms with Crippen molar-refractivity contribution < 1.29 is 19.8 Å². The molecule has 0 aliphatic carbocycles. The predicted molar refractivity (Wildman–Crippen MR) is 102 cm³/mol. The molecule has 0 radical (unpaired) electrons. The molecule has 0 aromatic heterocycles. The number of carbonyl (C=O) groups excluding carboxylic acids is 1. The summed E-state index contributed by atoms with van der Waals surface area (Å²) in [6.07, 6.45) is -0.361. The number of likely N-dealkylation sites (tertiary alicyclic amines) is 1. The molecule has 1 aliphatic heterocycles. The largest absolute Gasteiger partial charge is 0.481 e. The highest BCUT2D eigenvalue weighted by Crippen LogP contribution is 2.36. The third-order valence-electron chi connectivity index (χ3n) is 5.48. The van der Waals surface area contributed by atoms with Gasteiger partial charge < -0.3 is 15.1 Å². The summed E-state index contributed by atoms with van der Waals surface area (Å²) in [5.41, 5.74) is 1.66. The molecule has 5 heteroatoms. The Kier molecular flexibility index (Phi) is 5.61. The lowest BCUT2D eigenvalue weighted by Gasteiger charge is -2.43. The quantitative estimate of drug-likeness (QED) is 0.851. The zero-order valence-corrected chi connectivity index (χ0v) is 15.5. The van der Waals surface area contributed by atoms with Gasteiger partial charge in [-0.1, -0.05) is 60.2 Å². The molecule has 142 valence electrons. The number of benzene rings is 2. The van der Waals surface area contributed by atoms with Crippen LogP contribution >= 0.6 is 0 Å². The standard InChI is InChI=1S/C22H25NO4/c1-16-7-9-17(10-8-16)13-20(25)23-12-11-22(21(26)27,19(24)15-23)14-18-5-3-2-4-6-18/h2-10,19,24H,11-15H2,1H3,(H,26,27)/t19-,22-/m1/s1. The van der Waals surface area contributed by atoms with Crippen LogP contribution in [0.15, 0.2) is 54.6 Å². The van der Waals surface area contributed by atoms with Crippen LogP contribution in [0, 0.1) is 12.3 Å². The van der Waals surface area contributed by atoms with Crippen molar-refractivity contribution in [2.24, 2.45) is 5.41 Å². The predicted octanol–water partition coefficient (Wildman–Crippen LogP) is 2.44. The number of carbonyl (C=O) groups is 2. The van der Waals surface area contributed by atoms with Crippen LogP contribution < -0.4 is 0 Å². The number of hydrogen-bond donors (Lipinski definition) is 2. The highest BCUT2D eigenvalue weighted by Gasteiger charge is 2.49. The van der Waals surface area contributed by atoms with E-state index in [1.807, 2.05) is 61.5 Å². The van der Waals surface area contributed by atoms with Gasteiger partial charge in [0.05, 0.1) is 12.5 Å². The minimum absolute atomic E-state index is 0.0455. The monoisotopic (exact) mass is 367 g/mol. The molecule has 27 heavy (non-hydrogen) atoms. The maximum Gasteiger partial charge on any atom is 0.312 e. The summed E-state index contributed by atoms with van der Waals surface area (Å²) < 4.78 is 0. The molecule has 1 fully saturated rings. The lowest BCUT2D eigenvalue weighted by atomic mass is 9.71. The number of carboxylic acid groups (broad SMARTS) is 1. The maximum atomic E-state index is 12.6. The highest BCUT2D eigenvalue weighted by molar-refractivity contribution is 5.80. The van der Waals surface area contributed by atoms with Gasteiger partial charge in [-0.15, -0.1) is 0 Å². The summed E-state index contributed by atoms with van der Waals surface area (Å²) >= 11 is 0. The second kappa shape index (κ2) is 7.92. The molecule has 2 N–H and O–H groups in total. The fraction of sp³-hybridized carbons (Fsp3) is 0.364. The van der Waals surface area contributed by atoms with Gasteiger partial charge in [0.1, 0.15) is 5.41 Å². The van der Waals surface area contributed by atoms with Gasteiger partial charge in [0, 0.05) is 13.1 Å². The number of nitrogens with zero attached hydrogens (tertiary/aromatic N) is 1. The first-order chi connectivity index (χ1) is 12.9. The van der Waals surface area contributed by atoms with Crippen LogP contribution in [0.2, 0.25) is 0 Å². The van der Waals surface area contributed by atoms with E-state index in [4.69, 9.17) is 0 Å².